The molecule has 98 valence electrons. The molecular weight excluding hydrogens is 250 g/mol. The van der Waals surface area contributed by atoms with E-state index in [1.54, 1.807) is 4.90 Å². The van der Waals surface area contributed by atoms with E-state index in [1.165, 1.54) is 0 Å². The Kier molecular flexibility index (Phi) is 3.78. The van der Waals surface area contributed by atoms with Crippen LogP contribution in [0.15, 0.2) is 12.1 Å². The van der Waals surface area contributed by atoms with E-state index in [0.29, 0.717) is 18.1 Å². The van der Waals surface area contributed by atoms with E-state index in [0.717, 1.165) is 23.2 Å². The minimum atomic E-state index is -0.0951. The van der Waals surface area contributed by atoms with E-state index in [-0.39, 0.29) is 12.1 Å². The SMILES string of the molecule is Cc1cc(C)c(N2CC(CCN)NC2=O)c(Cl)c1. The second kappa shape index (κ2) is 5.16. The molecule has 5 heteroatoms. The maximum Gasteiger partial charge on any atom is 0.322 e. The average molecular weight is 268 g/mol. The van der Waals surface area contributed by atoms with Crippen LogP contribution in [0.1, 0.15) is 17.5 Å². The Morgan fingerprint density at radius 2 is 2.22 bits per heavy atom. The maximum atomic E-state index is 12.0. The van der Waals surface area contributed by atoms with Crippen LogP contribution >= 0.6 is 11.6 Å². The van der Waals surface area contributed by atoms with Crippen LogP contribution in [0.2, 0.25) is 5.02 Å². The van der Waals surface area contributed by atoms with E-state index < -0.39 is 0 Å². The van der Waals surface area contributed by atoms with Crippen molar-refractivity contribution in [3.63, 3.8) is 0 Å². The van der Waals surface area contributed by atoms with Gasteiger partial charge >= 0.3 is 6.03 Å². The summed E-state index contributed by atoms with van der Waals surface area (Å²) in [6.45, 7) is 5.15. The van der Waals surface area contributed by atoms with Crippen LogP contribution in [0.4, 0.5) is 10.5 Å². The Morgan fingerprint density at radius 3 is 2.83 bits per heavy atom. The number of rotatable bonds is 3. The highest BCUT2D eigenvalue weighted by Gasteiger charge is 2.31. The number of benzene rings is 1. The van der Waals surface area contributed by atoms with Crippen molar-refractivity contribution in [1.82, 2.24) is 5.32 Å². The van der Waals surface area contributed by atoms with Crippen LogP contribution in [-0.2, 0) is 0 Å². The smallest absolute Gasteiger partial charge is 0.322 e. The monoisotopic (exact) mass is 267 g/mol. The molecule has 4 nitrogen and oxygen atoms in total. The molecule has 1 fully saturated rings. The molecule has 3 N–H and O–H groups in total. The fourth-order valence-corrected chi connectivity index (χ4v) is 2.83. The summed E-state index contributed by atoms with van der Waals surface area (Å²) in [5, 5.41) is 3.54. The lowest BCUT2D eigenvalue weighted by Crippen LogP contribution is -2.29. The zero-order valence-electron chi connectivity index (χ0n) is 10.7. The molecule has 1 aromatic carbocycles. The number of urea groups is 1. The van der Waals surface area contributed by atoms with Gasteiger partial charge in [-0.2, -0.15) is 0 Å². The Morgan fingerprint density at radius 1 is 1.50 bits per heavy atom. The second-order valence-electron chi connectivity index (χ2n) is 4.75. The highest BCUT2D eigenvalue weighted by molar-refractivity contribution is 6.34. The summed E-state index contributed by atoms with van der Waals surface area (Å²) in [6.07, 6.45) is 0.783. The number of nitrogens with zero attached hydrogens (tertiary/aromatic N) is 1. The number of anilines is 1. The van der Waals surface area contributed by atoms with Gasteiger partial charge in [0.2, 0.25) is 0 Å². The number of amides is 2. The summed E-state index contributed by atoms with van der Waals surface area (Å²) in [5.41, 5.74) is 8.44. The van der Waals surface area contributed by atoms with E-state index in [2.05, 4.69) is 5.32 Å². The van der Waals surface area contributed by atoms with Crippen molar-refractivity contribution < 1.29 is 4.79 Å². The zero-order chi connectivity index (χ0) is 13.3. The number of carbonyl (C=O) groups is 1. The van der Waals surface area contributed by atoms with E-state index >= 15 is 0 Å². The van der Waals surface area contributed by atoms with Crippen molar-refractivity contribution in [2.45, 2.75) is 26.3 Å². The predicted molar refractivity (Wildman–Crippen MR) is 74.3 cm³/mol. The normalized spacial score (nSPS) is 19.2. The Labute approximate surface area is 112 Å². The van der Waals surface area contributed by atoms with Crippen LogP contribution in [0.3, 0.4) is 0 Å². The van der Waals surface area contributed by atoms with Gasteiger partial charge in [0, 0.05) is 12.6 Å². The number of hydrogen-bond acceptors (Lipinski definition) is 2. The van der Waals surface area contributed by atoms with E-state index in [1.807, 2.05) is 26.0 Å². The molecule has 1 atom stereocenters. The zero-order valence-corrected chi connectivity index (χ0v) is 11.4. The first kappa shape index (κ1) is 13.2. The van der Waals surface area contributed by atoms with Crippen molar-refractivity contribution in [2.24, 2.45) is 5.73 Å². The van der Waals surface area contributed by atoms with Gasteiger partial charge in [0.25, 0.3) is 0 Å². The largest absolute Gasteiger partial charge is 0.333 e. The molecule has 1 aromatic rings. The number of hydrogen-bond donors (Lipinski definition) is 2. The molecule has 1 aliphatic rings. The van der Waals surface area contributed by atoms with Crippen molar-refractivity contribution in [3.8, 4) is 0 Å². The number of nitrogens with two attached hydrogens (primary N) is 1. The topological polar surface area (TPSA) is 58.4 Å². The van der Waals surface area contributed by atoms with Crippen LogP contribution in [0.5, 0.6) is 0 Å². The summed E-state index contributed by atoms with van der Waals surface area (Å²) in [6, 6.07) is 3.93. The molecule has 1 heterocycles. The minimum Gasteiger partial charge on any atom is -0.333 e. The van der Waals surface area contributed by atoms with Gasteiger partial charge in [-0.1, -0.05) is 17.7 Å². The summed E-state index contributed by atoms with van der Waals surface area (Å²) >= 11 is 6.26. The standard InChI is InChI=1S/C13H18ClN3O/c1-8-5-9(2)12(11(14)6-8)17-7-10(3-4-15)16-13(17)18/h5-6,10H,3-4,7,15H2,1-2H3,(H,16,18). The van der Waals surface area contributed by atoms with Crippen LogP contribution in [-0.4, -0.2) is 25.2 Å². The molecule has 0 radical (unpaired) electrons. The van der Waals surface area contributed by atoms with Gasteiger partial charge in [0.05, 0.1) is 10.7 Å². The Hall–Kier alpha value is -1.26. The molecule has 18 heavy (non-hydrogen) atoms. The van der Waals surface area contributed by atoms with E-state index in [9.17, 15) is 4.79 Å². The molecular formula is C13H18ClN3O. The third-order valence-corrected chi connectivity index (χ3v) is 3.45. The molecule has 0 aromatic heterocycles. The molecule has 2 amide bonds. The molecule has 0 saturated carbocycles. The van der Waals surface area contributed by atoms with Gasteiger partial charge in [-0.05, 0) is 44.0 Å². The maximum absolute atomic E-state index is 12.0. The molecule has 0 aliphatic carbocycles. The fraction of sp³-hybridized carbons (Fsp3) is 0.462. The first-order valence-corrected chi connectivity index (χ1v) is 6.45. The molecule has 0 spiro atoms. The molecule has 0 bridgehead atoms. The van der Waals surface area contributed by atoms with Crippen molar-refractivity contribution in [1.29, 1.82) is 0 Å². The highest BCUT2D eigenvalue weighted by Crippen LogP contribution is 2.32. The van der Waals surface area contributed by atoms with Crippen molar-refractivity contribution in [2.75, 3.05) is 18.0 Å². The first-order valence-electron chi connectivity index (χ1n) is 6.07. The third-order valence-electron chi connectivity index (χ3n) is 3.16. The fourth-order valence-electron chi connectivity index (χ4n) is 2.41. The molecule has 1 saturated heterocycles. The predicted octanol–water partition coefficient (Wildman–Crippen LogP) is 2.20. The summed E-state index contributed by atoms with van der Waals surface area (Å²) in [4.78, 5) is 13.7. The summed E-state index contributed by atoms with van der Waals surface area (Å²) < 4.78 is 0. The van der Waals surface area contributed by atoms with Crippen LogP contribution in [0, 0.1) is 13.8 Å². The van der Waals surface area contributed by atoms with Crippen LogP contribution in [0.25, 0.3) is 0 Å². The lowest BCUT2D eigenvalue weighted by atomic mass is 10.1. The number of halogens is 1. The van der Waals surface area contributed by atoms with E-state index in [4.69, 9.17) is 17.3 Å². The third kappa shape index (κ3) is 2.44. The van der Waals surface area contributed by atoms with Gasteiger partial charge in [0.1, 0.15) is 0 Å². The first-order chi connectivity index (χ1) is 8.52. The summed E-state index contributed by atoms with van der Waals surface area (Å²) in [7, 11) is 0. The quantitative estimate of drug-likeness (QED) is 0.882. The number of aryl methyl sites for hydroxylation is 2. The van der Waals surface area contributed by atoms with Crippen LogP contribution < -0.4 is 16.0 Å². The Bertz CT molecular complexity index is 452. The minimum absolute atomic E-state index is 0.0951. The lowest BCUT2D eigenvalue weighted by Gasteiger charge is -2.19. The van der Waals surface area contributed by atoms with Gasteiger partial charge in [-0.15, -0.1) is 0 Å². The molecule has 1 unspecified atom stereocenters. The van der Waals surface area contributed by atoms with Crippen molar-refractivity contribution in [3.05, 3.63) is 28.3 Å². The van der Waals surface area contributed by atoms with Crippen molar-refractivity contribution >= 4 is 23.3 Å². The molecule has 2 rings (SSSR count). The Balaban J connectivity index is 2.30. The number of nitrogens with one attached hydrogen (secondary N) is 1. The molecule has 1 aliphatic heterocycles. The number of carbonyl (C=O) groups excluding carboxylic acids is 1. The summed E-state index contributed by atoms with van der Waals surface area (Å²) in [5.74, 6) is 0. The lowest BCUT2D eigenvalue weighted by molar-refractivity contribution is 0.250. The van der Waals surface area contributed by atoms with Gasteiger partial charge in [-0.3, -0.25) is 4.90 Å². The average Bonchev–Trinajstić information content (AvgIpc) is 2.59. The second-order valence-corrected chi connectivity index (χ2v) is 5.15. The van der Waals surface area contributed by atoms with Gasteiger partial charge in [-0.25, -0.2) is 4.79 Å². The highest BCUT2D eigenvalue weighted by atomic mass is 35.5. The van der Waals surface area contributed by atoms with Gasteiger partial charge < -0.3 is 11.1 Å². The van der Waals surface area contributed by atoms with Gasteiger partial charge in [0.15, 0.2) is 0 Å².